The predicted molar refractivity (Wildman–Crippen MR) is 230 cm³/mol. The monoisotopic (exact) mass is 900 g/mol. The minimum Gasteiger partial charge on any atom is -0.453 e. The van der Waals surface area contributed by atoms with Crippen LogP contribution in [0.15, 0.2) is 48.7 Å². The Hall–Kier alpha value is -5.88. The van der Waals surface area contributed by atoms with Crippen LogP contribution in [0, 0.1) is 23.0 Å². The Bertz CT molecular complexity index is 2830. The van der Waals surface area contributed by atoms with E-state index in [1.807, 2.05) is 6.07 Å². The van der Waals surface area contributed by atoms with Crippen LogP contribution in [-0.2, 0) is 26.8 Å². The van der Waals surface area contributed by atoms with E-state index in [-0.39, 0.29) is 72.5 Å². The first-order chi connectivity index (χ1) is 30.7. The van der Waals surface area contributed by atoms with Crippen molar-refractivity contribution in [2.75, 3.05) is 49.5 Å². The molecule has 3 saturated heterocycles. The van der Waals surface area contributed by atoms with Gasteiger partial charge in [0.1, 0.15) is 29.4 Å². The normalized spacial score (nSPS) is 22.9. The molecule has 9 rings (SSSR count). The van der Waals surface area contributed by atoms with E-state index in [9.17, 15) is 23.3 Å². The number of nitriles is 1. The first-order valence-corrected chi connectivity index (χ1v) is 22.8. The maximum atomic E-state index is 16.1. The van der Waals surface area contributed by atoms with E-state index in [1.165, 1.54) is 24.1 Å². The topological polar surface area (TPSA) is 188 Å². The Labute approximate surface area is 367 Å². The molecule has 2 aromatic heterocycles. The summed E-state index contributed by atoms with van der Waals surface area (Å²) in [4.78, 5) is 37.3. The molecule has 3 amide bonds. The summed E-state index contributed by atoms with van der Waals surface area (Å²) in [6, 6.07) is 11.1. The van der Waals surface area contributed by atoms with Crippen LogP contribution >= 0.6 is 0 Å². The molecule has 336 valence electrons. The molecule has 5 heterocycles. The third-order valence-corrected chi connectivity index (χ3v) is 14.9. The van der Waals surface area contributed by atoms with Crippen LogP contribution in [0.2, 0.25) is 0 Å². The minimum absolute atomic E-state index is 0.0602. The summed E-state index contributed by atoms with van der Waals surface area (Å²) in [7, 11) is -0.919. The Morgan fingerprint density at radius 3 is 2.59 bits per heavy atom. The van der Waals surface area contributed by atoms with Crippen molar-refractivity contribution in [3.8, 4) is 17.6 Å². The molecule has 2 N–H and O–H groups in total. The molecule has 0 radical (unpaired) electrons. The maximum absolute atomic E-state index is 16.1. The van der Waals surface area contributed by atoms with Crippen LogP contribution < -0.4 is 19.7 Å². The number of nitrogens with one attached hydrogen (secondary N) is 2. The second kappa shape index (κ2) is 16.9. The summed E-state index contributed by atoms with van der Waals surface area (Å²) < 4.78 is 89.7. The van der Waals surface area contributed by atoms with Crippen molar-refractivity contribution in [1.82, 2.24) is 34.3 Å². The lowest BCUT2D eigenvalue weighted by molar-refractivity contribution is -0.120. The van der Waals surface area contributed by atoms with Crippen LogP contribution in [0.25, 0.3) is 21.9 Å². The lowest BCUT2D eigenvalue weighted by Crippen LogP contribution is -2.52. The van der Waals surface area contributed by atoms with Crippen molar-refractivity contribution in [2.24, 2.45) is 7.05 Å². The smallest absolute Gasteiger partial charge is 0.329 e. The van der Waals surface area contributed by atoms with Crippen LogP contribution in [0.3, 0.4) is 0 Å². The third-order valence-electron chi connectivity index (χ3n) is 13.3. The van der Waals surface area contributed by atoms with E-state index in [2.05, 4.69) is 25.0 Å². The number of piperidine rings is 1. The summed E-state index contributed by atoms with van der Waals surface area (Å²) >= 11 is 0. The fourth-order valence-electron chi connectivity index (χ4n) is 9.62. The number of imide groups is 1. The number of urea groups is 1. The van der Waals surface area contributed by atoms with Gasteiger partial charge in [-0.05, 0) is 86.4 Å². The number of anilines is 2. The Kier molecular flexibility index (Phi) is 11.5. The van der Waals surface area contributed by atoms with E-state index in [0.29, 0.717) is 85.0 Å². The Morgan fingerprint density at radius 1 is 1.06 bits per heavy atom. The van der Waals surface area contributed by atoms with Crippen molar-refractivity contribution < 1.29 is 40.7 Å². The average Bonchev–Trinajstić information content (AvgIpc) is 3.83. The van der Waals surface area contributed by atoms with Crippen molar-refractivity contribution in [3.05, 3.63) is 77.1 Å². The zero-order chi connectivity index (χ0) is 45.1. The van der Waals surface area contributed by atoms with Gasteiger partial charge in [-0.15, -0.1) is 0 Å². The number of ether oxygens (including phenoxy) is 2. The van der Waals surface area contributed by atoms with Crippen molar-refractivity contribution in [2.45, 2.75) is 81.5 Å². The highest BCUT2D eigenvalue weighted by molar-refractivity contribution is 7.90. The SMILES string of the molecule is CCN(C)S(=O)(=O)Nc1ccc(F)c(Oc2ccc3ncc([C@@H]4COC5(CCN([C@H]6CC[C@H](c7cc8c(cc7F)c(N7CCC(=O)NC7=O)nn8C)CC6F)CC5)C4)nc3c2)c1C#N. The molecule has 1 aliphatic carbocycles. The highest BCUT2D eigenvalue weighted by atomic mass is 32.2. The van der Waals surface area contributed by atoms with Gasteiger partial charge in [0.25, 0.3) is 0 Å². The standard InChI is InChI=1S/C44H47F3N10O6S/c1-4-54(2)64(60,61)53-34-9-7-31(45)41(30(34)22-48)63-27-6-8-35-36(18-27)50-37(23-49-35)26-21-44(62-24-26)12-15-56(16-13-44)38-10-5-25(17-33(38)47)28-20-39-29(19-32(28)46)42(52-55(39)3)57-14-11-40(58)51-43(57)59/h6-9,18-20,23,25-26,33,38,53H,4-5,10-17,21,24H2,1-3H3,(H,51,58,59)/t25-,26-,33?,38-/m0/s1. The molecule has 4 aliphatic rings. The van der Waals surface area contributed by atoms with Crippen LogP contribution in [-0.4, -0.2) is 107 Å². The number of aryl methyl sites for hydroxylation is 1. The van der Waals surface area contributed by atoms with Gasteiger partial charge in [-0.25, -0.2) is 22.9 Å². The van der Waals surface area contributed by atoms with Gasteiger partial charge in [-0.2, -0.15) is 23.1 Å². The maximum Gasteiger partial charge on any atom is 0.329 e. The molecule has 5 aromatic rings. The van der Waals surface area contributed by atoms with Gasteiger partial charge in [-0.3, -0.25) is 34.3 Å². The zero-order valence-corrected chi connectivity index (χ0v) is 36.3. The van der Waals surface area contributed by atoms with Crippen molar-refractivity contribution in [3.63, 3.8) is 0 Å². The molecule has 64 heavy (non-hydrogen) atoms. The number of aromatic nitrogens is 4. The Balaban J connectivity index is 0.831. The highest BCUT2D eigenvalue weighted by Crippen LogP contribution is 2.45. The number of amides is 3. The Morgan fingerprint density at radius 2 is 1.86 bits per heavy atom. The molecular formula is C44H47F3N10O6S. The van der Waals surface area contributed by atoms with E-state index in [0.717, 1.165) is 10.4 Å². The first kappa shape index (κ1) is 43.4. The molecule has 4 atom stereocenters. The lowest BCUT2D eigenvalue weighted by Gasteiger charge is -2.45. The quantitative estimate of drug-likeness (QED) is 0.155. The number of rotatable bonds is 10. The number of likely N-dealkylation sites (tertiary alicyclic amines) is 1. The number of hydrogen-bond donors (Lipinski definition) is 2. The van der Waals surface area contributed by atoms with Crippen LogP contribution in [0.1, 0.15) is 80.5 Å². The summed E-state index contributed by atoms with van der Waals surface area (Å²) in [5.74, 6) is -2.08. The molecule has 1 spiro atoms. The van der Waals surface area contributed by atoms with E-state index < -0.39 is 45.4 Å². The van der Waals surface area contributed by atoms with E-state index in [4.69, 9.17) is 14.5 Å². The lowest BCUT2D eigenvalue weighted by atomic mass is 9.78. The predicted octanol–water partition coefficient (Wildman–Crippen LogP) is 6.53. The highest BCUT2D eigenvalue weighted by Gasteiger charge is 2.46. The molecule has 20 heteroatoms. The molecule has 16 nitrogen and oxygen atoms in total. The number of hydrogen-bond acceptors (Lipinski definition) is 11. The molecule has 1 unspecified atom stereocenters. The summed E-state index contributed by atoms with van der Waals surface area (Å²) in [5, 5.41) is 17.1. The second-order valence-electron chi connectivity index (χ2n) is 17.1. The van der Waals surface area contributed by atoms with Gasteiger partial charge in [0, 0.05) is 76.3 Å². The zero-order valence-electron chi connectivity index (χ0n) is 35.5. The molecule has 4 fully saturated rings. The van der Waals surface area contributed by atoms with Gasteiger partial charge < -0.3 is 9.47 Å². The minimum atomic E-state index is -4.00. The van der Waals surface area contributed by atoms with Gasteiger partial charge in [0.05, 0.1) is 40.1 Å². The third kappa shape index (κ3) is 8.10. The summed E-state index contributed by atoms with van der Waals surface area (Å²) in [6.45, 7) is 3.70. The van der Waals surface area contributed by atoms with Gasteiger partial charge in [0.2, 0.25) is 5.91 Å². The van der Waals surface area contributed by atoms with Gasteiger partial charge in [0.15, 0.2) is 17.4 Å². The number of carbonyl (C=O) groups is 2. The molecular weight excluding hydrogens is 854 g/mol. The number of nitrogens with zero attached hydrogens (tertiary/aromatic N) is 8. The molecule has 0 bridgehead atoms. The van der Waals surface area contributed by atoms with E-state index >= 15 is 13.2 Å². The molecule has 3 aliphatic heterocycles. The number of halogens is 3. The number of fused-ring (bicyclic) bond motifs is 2. The molecule has 3 aromatic carbocycles. The van der Waals surface area contributed by atoms with Crippen molar-refractivity contribution in [1.29, 1.82) is 5.26 Å². The summed E-state index contributed by atoms with van der Waals surface area (Å²) in [5.41, 5.74) is 1.96. The van der Waals surface area contributed by atoms with Crippen LogP contribution in [0.4, 0.5) is 29.5 Å². The number of benzene rings is 3. The average molecular weight is 901 g/mol. The number of alkyl halides is 1. The van der Waals surface area contributed by atoms with Crippen molar-refractivity contribution >= 4 is 55.6 Å². The van der Waals surface area contributed by atoms with Gasteiger partial charge >= 0.3 is 16.2 Å². The number of carbonyl (C=O) groups excluding carboxylic acids is 2. The largest absolute Gasteiger partial charge is 0.453 e. The van der Waals surface area contributed by atoms with Gasteiger partial charge in [-0.1, -0.05) is 6.92 Å². The van der Waals surface area contributed by atoms with Crippen LogP contribution in [0.5, 0.6) is 11.5 Å². The second-order valence-corrected chi connectivity index (χ2v) is 18.9. The summed E-state index contributed by atoms with van der Waals surface area (Å²) in [6.07, 6.45) is 4.16. The first-order valence-electron chi connectivity index (χ1n) is 21.4. The van der Waals surface area contributed by atoms with E-state index in [1.54, 1.807) is 49.1 Å². The molecule has 1 saturated carbocycles. The fourth-order valence-corrected chi connectivity index (χ4v) is 10.6. The fraction of sp³-hybridized carbons (Fsp3) is 0.455.